The average molecular weight is 357 g/mol. The number of urea groups is 1. The Hall–Kier alpha value is -3.03. The van der Waals surface area contributed by atoms with E-state index >= 15 is 0 Å². The van der Waals surface area contributed by atoms with E-state index in [-0.39, 0.29) is 6.03 Å². The van der Waals surface area contributed by atoms with E-state index in [0.29, 0.717) is 43.4 Å². The number of carbonyl (C=O) groups excluding carboxylic acids is 1. The number of benzene rings is 1. The number of ether oxygens (including phenoxy) is 2. The minimum atomic E-state index is -0.144. The molecule has 1 aliphatic heterocycles. The van der Waals surface area contributed by atoms with Crippen molar-refractivity contribution in [3.63, 3.8) is 0 Å². The lowest BCUT2D eigenvalue weighted by Crippen LogP contribution is -2.50. The van der Waals surface area contributed by atoms with Crippen molar-refractivity contribution in [1.82, 2.24) is 15.1 Å². The highest BCUT2D eigenvalue weighted by atomic mass is 16.5. The van der Waals surface area contributed by atoms with Gasteiger partial charge in [-0.3, -0.25) is 0 Å². The van der Waals surface area contributed by atoms with E-state index in [1.165, 1.54) is 0 Å². The van der Waals surface area contributed by atoms with E-state index in [0.717, 1.165) is 11.5 Å². The number of hydrogen-bond acceptors (Lipinski definition) is 6. The first kappa shape index (κ1) is 17.8. The van der Waals surface area contributed by atoms with Crippen molar-refractivity contribution < 1.29 is 14.3 Å². The molecule has 1 N–H and O–H groups in total. The molecule has 0 atom stereocenters. The average Bonchev–Trinajstić information content (AvgIpc) is 2.68. The molecule has 8 nitrogen and oxygen atoms in total. The van der Waals surface area contributed by atoms with E-state index < -0.39 is 0 Å². The van der Waals surface area contributed by atoms with Crippen LogP contribution in [0.4, 0.5) is 16.3 Å². The maximum Gasteiger partial charge on any atom is 0.321 e. The van der Waals surface area contributed by atoms with Gasteiger partial charge in [-0.15, -0.1) is 5.10 Å². The van der Waals surface area contributed by atoms with Crippen LogP contribution >= 0.6 is 0 Å². The van der Waals surface area contributed by atoms with Gasteiger partial charge in [0.25, 0.3) is 0 Å². The molecule has 1 saturated heterocycles. The molecule has 0 radical (unpaired) electrons. The van der Waals surface area contributed by atoms with Gasteiger partial charge in [0.2, 0.25) is 0 Å². The van der Waals surface area contributed by atoms with Crippen LogP contribution in [-0.4, -0.2) is 61.5 Å². The highest BCUT2D eigenvalue weighted by Crippen LogP contribution is 2.26. The molecule has 0 saturated carbocycles. The molecule has 1 aliphatic rings. The van der Waals surface area contributed by atoms with Gasteiger partial charge in [-0.2, -0.15) is 5.10 Å². The third-order valence-corrected chi connectivity index (χ3v) is 4.28. The molecule has 8 heteroatoms. The van der Waals surface area contributed by atoms with Crippen LogP contribution in [-0.2, 0) is 0 Å². The first-order valence-electron chi connectivity index (χ1n) is 8.43. The first-order valence-corrected chi connectivity index (χ1v) is 8.43. The Bertz CT molecular complexity index is 736. The van der Waals surface area contributed by atoms with Crippen molar-refractivity contribution >= 4 is 17.5 Å². The minimum Gasteiger partial charge on any atom is -0.497 e. The molecule has 0 spiro atoms. The molecule has 1 fully saturated rings. The molecule has 138 valence electrons. The number of anilines is 2. The van der Waals surface area contributed by atoms with E-state index in [9.17, 15) is 4.79 Å². The van der Waals surface area contributed by atoms with Crippen LogP contribution in [0.3, 0.4) is 0 Å². The Balaban J connectivity index is 1.59. The summed E-state index contributed by atoms with van der Waals surface area (Å²) < 4.78 is 10.5. The standard InChI is InChI=1S/C18H23N5O3/c1-13-4-5-17(21-20-13)22-6-8-23(9-7-22)18(24)19-14-10-15(25-2)12-16(11-14)26-3/h4-5,10-12H,6-9H2,1-3H3,(H,19,24). The molecule has 3 rings (SSSR count). The van der Waals surface area contributed by atoms with Crippen molar-refractivity contribution in [2.75, 3.05) is 50.6 Å². The quantitative estimate of drug-likeness (QED) is 0.903. The zero-order valence-electron chi connectivity index (χ0n) is 15.2. The SMILES string of the molecule is COc1cc(NC(=O)N2CCN(c3ccc(C)nn3)CC2)cc(OC)c1. The van der Waals surface area contributed by atoms with Crippen molar-refractivity contribution in [3.05, 3.63) is 36.0 Å². The predicted octanol–water partition coefficient (Wildman–Crippen LogP) is 2.16. The van der Waals surface area contributed by atoms with Gasteiger partial charge in [0, 0.05) is 50.1 Å². The summed E-state index contributed by atoms with van der Waals surface area (Å²) in [6, 6.07) is 9.04. The van der Waals surface area contributed by atoms with Crippen molar-refractivity contribution in [2.24, 2.45) is 0 Å². The maximum atomic E-state index is 12.5. The molecule has 2 heterocycles. The monoisotopic (exact) mass is 357 g/mol. The zero-order valence-corrected chi connectivity index (χ0v) is 15.2. The van der Waals surface area contributed by atoms with Gasteiger partial charge in [0.05, 0.1) is 19.9 Å². The molecule has 0 aliphatic carbocycles. The fourth-order valence-corrected chi connectivity index (χ4v) is 2.78. The van der Waals surface area contributed by atoms with E-state index in [1.54, 1.807) is 37.3 Å². The number of rotatable bonds is 4. The smallest absolute Gasteiger partial charge is 0.321 e. The van der Waals surface area contributed by atoms with Gasteiger partial charge in [0.15, 0.2) is 5.82 Å². The number of nitrogens with one attached hydrogen (secondary N) is 1. The van der Waals surface area contributed by atoms with Gasteiger partial charge >= 0.3 is 6.03 Å². The van der Waals surface area contributed by atoms with Crippen molar-refractivity contribution in [3.8, 4) is 11.5 Å². The molecule has 1 aromatic heterocycles. The number of piperazine rings is 1. The number of aromatic nitrogens is 2. The fourth-order valence-electron chi connectivity index (χ4n) is 2.78. The highest BCUT2D eigenvalue weighted by Gasteiger charge is 2.22. The zero-order chi connectivity index (χ0) is 18.5. The van der Waals surface area contributed by atoms with Gasteiger partial charge in [0.1, 0.15) is 11.5 Å². The maximum absolute atomic E-state index is 12.5. The molecule has 26 heavy (non-hydrogen) atoms. The van der Waals surface area contributed by atoms with E-state index in [2.05, 4.69) is 20.4 Å². The van der Waals surface area contributed by atoms with Crippen LogP contribution in [0, 0.1) is 6.92 Å². The Morgan fingerprint density at radius 1 is 1.00 bits per heavy atom. The molecular weight excluding hydrogens is 334 g/mol. The normalized spacial score (nSPS) is 14.1. The second-order valence-electron chi connectivity index (χ2n) is 6.04. The number of hydrogen-bond donors (Lipinski definition) is 1. The van der Waals surface area contributed by atoms with Crippen LogP contribution < -0.4 is 19.7 Å². The molecule has 2 aromatic rings. The molecule has 1 aromatic carbocycles. The fraction of sp³-hybridized carbons (Fsp3) is 0.389. The van der Waals surface area contributed by atoms with Gasteiger partial charge < -0.3 is 24.6 Å². The molecule has 2 amide bonds. The number of amides is 2. The summed E-state index contributed by atoms with van der Waals surface area (Å²) in [5, 5.41) is 11.2. The summed E-state index contributed by atoms with van der Waals surface area (Å²) in [4.78, 5) is 16.5. The summed E-state index contributed by atoms with van der Waals surface area (Å²) in [6.45, 7) is 4.57. The summed E-state index contributed by atoms with van der Waals surface area (Å²) in [5.74, 6) is 2.10. The highest BCUT2D eigenvalue weighted by molar-refractivity contribution is 5.90. The first-order chi connectivity index (χ1) is 12.6. The number of methoxy groups -OCH3 is 2. The number of aryl methyl sites for hydroxylation is 1. The Morgan fingerprint density at radius 3 is 2.19 bits per heavy atom. The summed E-state index contributed by atoms with van der Waals surface area (Å²) in [6.07, 6.45) is 0. The van der Waals surface area contributed by atoms with Crippen LogP contribution in [0.5, 0.6) is 11.5 Å². The van der Waals surface area contributed by atoms with Crippen LogP contribution in [0.1, 0.15) is 5.69 Å². The lowest BCUT2D eigenvalue weighted by molar-refractivity contribution is 0.208. The summed E-state index contributed by atoms with van der Waals surface area (Å²) in [5.41, 5.74) is 1.53. The molecular formula is C18H23N5O3. The number of carbonyl (C=O) groups is 1. The third-order valence-electron chi connectivity index (χ3n) is 4.28. The largest absolute Gasteiger partial charge is 0.497 e. The van der Waals surface area contributed by atoms with Gasteiger partial charge in [-0.25, -0.2) is 4.79 Å². The number of nitrogens with zero attached hydrogens (tertiary/aromatic N) is 4. The van der Waals surface area contributed by atoms with Gasteiger partial charge in [-0.05, 0) is 19.1 Å². The van der Waals surface area contributed by atoms with Crippen LogP contribution in [0.2, 0.25) is 0 Å². The predicted molar refractivity (Wildman–Crippen MR) is 99.1 cm³/mol. The lowest BCUT2D eigenvalue weighted by atomic mass is 10.2. The van der Waals surface area contributed by atoms with Gasteiger partial charge in [-0.1, -0.05) is 0 Å². The summed E-state index contributed by atoms with van der Waals surface area (Å²) in [7, 11) is 3.15. The minimum absolute atomic E-state index is 0.144. The molecule has 0 bridgehead atoms. The van der Waals surface area contributed by atoms with Crippen molar-refractivity contribution in [2.45, 2.75) is 6.92 Å². The lowest BCUT2D eigenvalue weighted by Gasteiger charge is -2.35. The Kier molecular flexibility index (Phi) is 5.40. The topological polar surface area (TPSA) is 79.8 Å². The van der Waals surface area contributed by atoms with Crippen LogP contribution in [0.15, 0.2) is 30.3 Å². The van der Waals surface area contributed by atoms with Crippen LogP contribution in [0.25, 0.3) is 0 Å². The van der Waals surface area contributed by atoms with E-state index in [1.807, 2.05) is 19.1 Å². The second kappa shape index (κ2) is 7.90. The van der Waals surface area contributed by atoms with E-state index in [4.69, 9.17) is 9.47 Å². The third kappa shape index (κ3) is 4.14. The summed E-state index contributed by atoms with van der Waals surface area (Å²) >= 11 is 0. The molecule has 0 unspecified atom stereocenters. The van der Waals surface area contributed by atoms with Crippen molar-refractivity contribution in [1.29, 1.82) is 0 Å². The Labute approximate surface area is 152 Å². The second-order valence-corrected chi connectivity index (χ2v) is 6.04. The Morgan fingerprint density at radius 2 is 1.65 bits per heavy atom.